The molecule has 0 saturated carbocycles. The molecular weight excluding hydrogens is 657 g/mol. The van der Waals surface area contributed by atoms with Gasteiger partial charge in [0.15, 0.2) is 0 Å². The molecule has 0 N–H and O–H groups in total. The standard InChI is InChI=1S/C51H34N2O/c1-2-49-52-45-17-9-10-18-46(45)53(49)38-25-22-33-28-36(21-20-34(33)29-38)50-40-15-6-7-16-41(40)51(44-30-35(23-26-42(44)50)32-12-4-3-5-13-32)37-24-27-48-43(31-37)39-14-8-11-19-47(39)54-48/h3-31H,2H2,1H3/i1D3,2D2. The first-order chi connectivity index (χ1) is 28.6. The molecule has 254 valence electrons. The van der Waals surface area contributed by atoms with Gasteiger partial charge in [-0.3, -0.25) is 4.57 Å². The number of para-hydroxylation sites is 3. The molecule has 0 bridgehead atoms. The van der Waals surface area contributed by atoms with E-state index < -0.39 is 13.2 Å². The molecule has 3 nitrogen and oxygen atoms in total. The molecule has 11 rings (SSSR count). The average molecular weight is 696 g/mol. The van der Waals surface area contributed by atoms with Gasteiger partial charge in [-0.15, -0.1) is 0 Å². The molecule has 2 aromatic heterocycles. The van der Waals surface area contributed by atoms with Gasteiger partial charge in [-0.2, -0.15) is 0 Å². The third-order valence-electron chi connectivity index (χ3n) is 10.8. The molecule has 0 unspecified atom stereocenters. The zero-order valence-electron chi connectivity index (χ0n) is 34.0. The summed E-state index contributed by atoms with van der Waals surface area (Å²) in [5, 5.41) is 8.66. The zero-order chi connectivity index (χ0) is 40.0. The molecule has 2 heterocycles. The highest BCUT2D eigenvalue weighted by Crippen LogP contribution is 2.46. The fourth-order valence-corrected chi connectivity index (χ4v) is 8.39. The second kappa shape index (κ2) is 12.0. The summed E-state index contributed by atoms with van der Waals surface area (Å²) >= 11 is 0. The maximum absolute atomic E-state index is 8.67. The Morgan fingerprint density at radius 1 is 0.500 bits per heavy atom. The molecule has 0 aliphatic heterocycles. The van der Waals surface area contributed by atoms with Gasteiger partial charge in [0.25, 0.3) is 0 Å². The van der Waals surface area contributed by atoms with Gasteiger partial charge in [0, 0.05) is 29.7 Å². The van der Waals surface area contributed by atoms with Gasteiger partial charge in [0.2, 0.25) is 0 Å². The molecular formula is C51H34N2O. The lowest BCUT2D eigenvalue weighted by Gasteiger charge is -2.19. The predicted octanol–water partition coefficient (Wildman–Crippen LogP) is 13.9. The molecule has 54 heavy (non-hydrogen) atoms. The first-order valence-corrected chi connectivity index (χ1v) is 18.1. The van der Waals surface area contributed by atoms with Crippen molar-refractivity contribution >= 4 is 65.3 Å². The second-order valence-electron chi connectivity index (χ2n) is 13.9. The highest BCUT2D eigenvalue weighted by Gasteiger charge is 2.19. The van der Waals surface area contributed by atoms with Crippen LogP contribution in [0.15, 0.2) is 180 Å². The van der Waals surface area contributed by atoms with Crippen molar-refractivity contribution in [2.75, 3.05) is 0 Å². The molecule has 0 aliphatic rings. The normalized spacial score (nSPS) is 13.7. The van der Waals surface area contributed by atoms with E-state index >= 15 is 0 Å². The van der Waals surface area contributed by atoms with Crippen molar-refractivity contribution in [2.45, 2.75) is 13.2 Å². The Labute approximate surface area is 319 Å². The lowest BCUT2D eigenvalue weighted by molar-refractivity contribution is 0.669. The first kappa shape index (κ1) is 25.9. The van der Waals surface area contributed by atoms with E-state index in [0.717, 1.165) is 87.6 Å². The number of furan rings is 1. The van der Waals surface area contributed by atoms with Gasteiger partial charge in [-0.1, -0.05) is 128 Å². The van der Waals surface area contributed by atoms with Gasteiger partial charge in [-0.25, -0.2) is 4.98 Å². The van der Waals surface area contributed by atoms with E-state index in [0.29, 0.717) is 16.7 Å². The highest BCUT2D eigenvalue weighted by atomic mass is 16.3. The summed E-state index contributed by atoms with van der Waals surface area (Å²) < 4.78 is 49.3. The molecule has 0 amide bonds. The molecule has 0 radical (unpaired) electrons. The van der Waals surface area contributed by atoms with Gasteiger partial charge in [0.05, 0.1) is 11.0 Å². The minimum atomic E-state index is -2.92. The van der Waals surface area contributed by atoms with Crippen LogP contribution in [0.1, 0.15) is 19.5 Å². The van der Waals surface area contributed by atoms with Crippen LogP contribution in [0.25, 0.3) is 104 Å². The monoisotopic (exact) mass is 695 g/mol. The lowest BCUT2D eigenvalue weighted by Crippen LogP contribution is -2.00. The zero-order valence-corrected chi connectivity index (χ0v) is 29.0. The van der Waals surface area contributed by atoms with Crippen molar-refractivity contribution in [3.05, 3.63) is 182 Å². The van der Waals surface area contributed by atoms with Crippen molar-refractivity contribution in [1.29, 1.82) is 0 Å². The molecule has 0 spiro atoms. The van der Waals surface area contributed by atoms with Crippen molar-refractivity contribution in [2.24, 2.45) is 0 Å². The van der Waals surface area contributed by atoms with Crippen molar-refractivity contribution in [3.63, 3.8) is 0 Å². The van der Waals surface area contributed by atoms with Crippen LogP contribution in [-0.4, -0.2) is 9.55 Å². The summed E-state index contributed by atoms with van der Waals surface area (Å²) in [5.74, 6) is -0.150. The number of hydrogen-bond donors (Lipinski definition) is 0. The Kier molecular flexibility index (Phi) is 5.78. The van der Waals surface area contributed by atoms with Gasteiger partial charge in [0.1, 0.15) is 17.0 Å². The quantitative estimate of drug-likeness (QED) is 0.168. The topological polar surface area (TPSA) is 31.0 Å². The molecule has 9 aromatic carbocycles. The van der Waals surface area contributed by atoms with Crippen LogP contribution < -0.4 is 0 Å². The summed E-state index contributed by atoms with van der Waals surface area (Å²) in [6.45, 7) is -2.92. The predicted molar refractivity (Wildman–Crippen MR) is 227 cm³/mol. The summed E-state index contributed by atoms with van der Waals surface area (Å²) in [5.41, 5.74) is 10.3. The average Bonchev–Trinajstić information content (AvgIpc) is 3.84. The second-order valence-corrected chi connectivity index (χ2v) is 13.9. The smallest absolute Gasteiger partial charge is 0.135 e. The summed E-state index contributed by atoms with van der Waals surface area (Å²) in [4.78, 5) is 4.52. The van der Waals surface area contributed by atoms with E-state index in [1.165, 1.54) is 0 Å². The molecule has 0 saturated heterocycles. The fourth-order valence-electron chi connectivity index (χ4n) is 8.39. The number of rotatable bonds is 5. The molecule has 3 heteroatoms. The Bertz CT molecular complexity index is 3470. The number of benzene rings is 9. The number of imidazole rings is 1. The fraction of sp³-hybridized carbons (Fsp3) is 0.0392. The van der Waals surface area contributed by atoms with Crippen LogP contribution in [-0.2, 0) is 6.37 Å². The van der Waals surface area contributed by atoms with Crippen LogP contribution in [0.4, 0.5) is 0 Å². The van der Waals surface area contributed by atoms with Crippen molar-refractivity contribution in [1.82, 2.24) is 9.55 Å². The van der Waals surface area contributed by atoms with Crippen LogP contribution in [0.5, 0.6) is 0 Å². The maximum Gasteiger partial charge on any atom is 0.135 e. The number of hydrogen-bond acceptors (Lipinski definition) is 2. The minimum Gasteiger partial charge on any atom is -0.456 e. The number of nitrogens with zero attached hydrogens (tertiary/aromatic N) is 2. The number of aryl methyl sites for hydroxylation is 1. The van der Waals surface area contributed by atoms with Crippen LogP contribution in [0.2, 0.25) is 0 Å². The van der Waals surface area contributed by atoms with E-state index in [9.17, 15) is 0 Å². The molecule has 0 fully saturated rings. The third kappa shape index (κ3) is 4.72. The SMILES string of the molecule is [2H]C([2H])([2H])C([2H])([2H])c1nc2ccccc2n1-c1ccc2cc(-c3c4ccccc4c(-c4ccc5oc6ccccc6c5c4)c4cc(-c5ccccc5)ccc34)ccc2c1. The Morgan fingerprint density at radius 2 is 1.13 bits per heavy atom. The maximum atomic E-state index is 8.67. The highest BCUT2D eigenvalue weighted by molar-refractivity contribution is 6.23. The minimum absolute atomic E-state index is 0.150. The van der Waals surface area contributed by atoms with E-state index in [-0.39, 0.29) is 5.82 Å². The van der Waals surface area contributed by atoms with Gasteiger partial charge < -0.3 is 4.42 Å². The van der Waals surface area contributed by atoms with E-state index in [1.807, 2.05) is 54.6 Å². The van der Waals surface area contributed by atoms with Crippen LogP contribution >= 0.6 is 0 Å². The largest absolute Gasteiger partial charge is 0.456 e. The van der Waals surface area contributed by atoms with Crippen molar-refractivity contribution < 1.29 is 11.3 Å². The number of fused-ring (bicyclic) bond motifs is 7. The summed E-state index contributed by atoms with van der Waals surface area (Å²) in [6, 6.07) is 60.3. The van der Waals surface area contributed by atoms with E-state index in [1.54, 1.807) is 10.6 Å². The summed E-state index contributed by atoms with van der Waals surface area (Å²) in [7, 11) is 0. The van der Waals surface area contributed by atoms with E-state index in [2.05, 4.69) is 120 Å². The van der Waals surface area contributed by atoms with Crippen LogP contribution in [0.3, 0.4) is 0 Å². The molecule has 11 aromatic rings. The Hall–Kier alpha value is -6.97. The third-order valence-corrected chi connectivity index (χ3v) is 10.8. The first-order valence-electron chi connectivity index (χ1n) is 20.6. The van der Waals surface area contributed by atoms with Gasteiger partial charge >= 0.3 is 0 Å². The molecule has 0 atom stereocenters. The summed E-state index contributed by atoms with van der Waals surface area (Å²) in [6.07, 6.45) is -2.68. The van der Waals surface area contributed by atoms with Crippen molar-refractivity contribution in [3.8, 4) is 39.1 Å². The number of aromatic nitrogens is 2. The Balaban J connectivity index is 1.13. The molecule has 0 aliphatic carbocycles. The van der Waals surface area contributed by atoms with Gasteiger partial charge in [-0.05, 0) is 120 Å². The van der Waals surface area contributed by atoms with Crippen LogP contribution in [0, 0.1) is 0 Å². The van der Waals surface area contributed by atoms with E-state index in [4.69, 9.17) is 11.3 Å². The Morgan fingerprint density at radius 3 is 2.00 bits per heavy atom. The lowest BCUT2D eigenvalue weighted by atomic mass is 9.84.